The lowest BCUT2D eigenvalue weighted by Crippen LogP contribution is -2.46. The van der Waals surface area contributed by atoms with Gasteiger partial charge in [0.2, 0.25) is 0 Å². The van der Waals surface area contributed by atoms with Crippen molar-refractivity contribution in [3.63, 3.8) is 0 Å². The van der Waals surface area contributed by atoms with Crippen LogP contribution in [0.1, 0.15) is 34.4 Å². The van der Waals surface area contributed by atoms with Crippen LogP contribution in [0.25, 0.3) is 11.0 Å². The number of benzene rings is 1. The molecule has 0 spiro atoms. The van der Waals surface area contributed by atoms with E-state index in [0.717, 1.165) is 11.1 Å². The summed E-state index contributed by atoms with van der Waals surface area (Å²) in [5.74, 6) is -0.667. The first-order valence-corrected chi connectivity index (χ1v) is 11.0. The smallest absolute Gasteiger partial charge is 0.367 e. The van der Waals surface area contributed by atoms with Crippen molar-refractivity contribution in [1.82, 2.24) is 25.2 Å². The van der Waals surface area contributed by atoms with E-state index in [4.69, 9.17) is 0 Å². The summed E-state index contributed by atoms with van der Waals surface area (Å²) in [5.41, 5.74) is 1.31. The van der Waals surface area contributed by atoms with E-state index in [9.17, 15) is 22.8 Å². The SMILES string of the molecule is CCc1nc2ccc(CN3CCN(c4ccc(C(=O)NC)nc4C(F)(F)F)CC3)cc2[nH]c1=O. The van der Waals surface area contributed by atoms with E-state index in [1.165, 1.54) is 19.2 Å². The van der Waals surface area contributed by atoms with Gasteiger partial charge in [0.25, 0.3) is 11.5 Å². The lowest BCUT2D eigenvalue weighted by molar-refractivity contribution is -0.140. The number of amides is 1. The van der Waals surface area contributed by atoms with E-state index in [1.807, 2.05) is 25.1 Å². The molecule has 4 rings (SSSR count). The number of carbonyl (C=O) groups is 1. The number of nitrogens with one attached hydrogen (secondary N) is 2. The van der Waals surface area contributed by atoms with Gasteiger partial charge in [-0.15, -0.1) is 0 Å². The zero-order valence-corrected chi connectivity index (χ0v) is 18.9. The number of hydrogen-bond acceptors (Lipinski definition) is 6. The second-order valence-corrected chi connectivity index (χ2v) is 8.12. The molecule has 1 aliphatic rings. The summed E-state index contributed by atoms with van der Waals surface area (Å²) in [7, 11) is 1.34. The fraction of sp³-hybridized carbons (Fsp3) is 0.391. The summed E-state index contributed by atoms with van der Waals surface area (Å²) < 4.78 is 41.0. The first kappa shape index (κ1) is 23.7. The predicted octanol–water partition coefficient (Wildman–Crippen LogP) is 2.58. The van der Waals surface area contributed by atoms with Gasteiger partial charge in [-0.3, -0.25) is 14.5 Å². The molecular formula is C23H25F3N6O2. The van der Waals surface area contributed by atoms with Crippen molar-refractivity contribution in [1.29, 1.82) is 0 Å². The molecule has 1 amide bonds. The van der Waals surface area contributed by atoms with Gasteiger partial charge in [0, 0.05) is 39.8 Å². The second kappa shape index (κ2) is 9.41. The van der Waals surface area contributed by atoms with Gasteiger partial charge in [-0.25, -0.2) is 9.97 Å². The van der Waals surface area contributed by atoms with Crippen LogP contribution in [0.15, 0.2) is 35.1 Å². The summed E-state index contributed by atoms with van der Waals surface area (Å²) in [6.45, 7) is 4.35. The maximum absolute atomic E-state index is 13.7. The maximum Gasteiger partial charge on any atom is 0.435 e. The number of aryl methyl sites for hydroxylation is 1. The Hall–Kier alpha value is -3.47. The van der Waals surface area contributed by atoms with Gasteiger partial charge < -0.3 is 15.2 Å². The Morgan fingerprint density at radius 3 is 2.50 bits per heavy atom. The van der Waals surface area contributed by atoms with E-state index in [-0.39, 0.29) is 16.9 Å². The highest BCUT2D eigenvalue weighted by Gasteiger charge is 2.38. The number of hydrogen-bond donors (Lipinski definition) is 2. The molecule has 1 aliphatic heterocycles. The molecule has 3 heterocycles. The van der Waals surface area contributed by atoms with Gasteiger partial charge in [-0.2, -0.15) is 13.2 Å². The van der Waals surface area contributed by atoms with E-state index >= 15 is 0 Å². The van der Waals surface area contributed by atoms with Gasteiger partial charge in [-0.05, 0) is 36.2 Å². The molecule has 1 fully saturated rings. The van der Waals surface area contributed by atoms with Gasteiger partial charge in [0.1, 0.15) is 11.4 Å². The summed E-state index contributed by atoms with van der Waals surface area (Å²) in [6.07, 6.45) is -4.12. The van der Waals surface area contributed by atoms with Crippen molar-refractivity contribution in [3.8, 4) is 0 Å². The molecule has 0 aliphatic carbocycles. The van der Waals surface area contributed by atoms with Crippen molar-refractivity contribution in [2.75, 3.05) is 38.1 Å². The van der Waals surface area contributed by atoms with Crippen LogP contribution < -0.4 is 15.8 Å². The van der Waals surface area contributed by atoms with Gasteiger partial charge in [-0.1, -0.05) is 13.0 Å². The molecule has 1 saturated heterocycles. The number of aromatic amines is 1. The fourth-order valence-electron chi connectivity index (χ4n) is 4.08. The monoisotopic (exact) mass is 474 g/mol. The van der Waals surface area contributed by atoms with Crippen LogP contribution in [0.5, 0.6) is 0 Å². The molecule has 2 N–H and O–H groups in total. The van der Waals surface area contributed by atoms with Crippen LogP contribution in [0.2, 0.25) is 0 Å². The third kappa shape index (κ3) is 4.89. The molecule has 2 aromatic heterocycles. The third-order valence-electron chi connectivity index (χ3n) is 5.88. The normalized spacial score (nSPS) is 15.0. The molecule has 3 aromatic rings. The lowest BCUT2D eigenvalue weighted by atomic mass is 10.1. The van der Waals surface area contributed by atoms with E-state index < -0.39 is 17.8 Å². The van der Waals surface area contributed by atoms with Crippen molar-refractivity contribution in [3.05, 3.63) is 63.3 Å². The number of H-pyrrole nitrogens is 1. The molecule has 0 radical (unpaired) electrons. The van der Waals surface area contributed by atoms with E-state index in [0.29, 0.717) is 50.4 Å². The number of alkyl halides is 3. The highest BCUT2D eigenvalue weighted by Crippen LogP contribution is 2.35. The molecule has 11 heteroatoms. The molecular weight excluding hydrogens is 449 g/mol. The molecule has 0 unspecified atom stereocenters. The van der Waals surface area contributed by atoms with Gasteiger partial charge >= 0.3 is 6.18 Å². The molecule has 8 nitrogen and oxygen atoms in total. The Kier molecular flexibility index (Phi) is 6.56. The van der Waals surface area contributed by atoms with Crippen molar-refractivity contribution < 1.29 is 18.0 Å². The number of halogens is 3. The summed E-state index contributed by atoms with van der Waals surface area (Å²) in [6, 6.07) is 8.32. The Bertz CT molecular complexity index is 1270. The summed E-state index contributed by atoms with van der Waals surface area (Å²) in [5, 5.41) is 2.30. The molecule has 0 atom stereocenters. The van der Waals surface area contributed by atoms with Crippen LogP contribution in [-0.2, 0) is 19.1 Å². The average Bonchev–Trinajstić information content (AvgIpc) is 2.82. The number of rotatable bonds is 5. The number of pyridine rings is 1. The number of aromatic nitrogens is 3. The lowest BCUT2D eigenvalue weighted by Gasteiger charge is -2.37. The summed E-state index contributed by atoms with van der Waals surface area (Å²) in [4.78, 5) is 38.5. The van der Waals surface area contributed by atoms with Gasteiger partial charge in [0.05, 0.1) is 16.7 Å². The third-order valence-corrected chi connectivity index (χ3v) is 5.88. The zero-order valence-electron chi connectivity index (χ0n) is 18.9. The number of anilines is 1. The largest absolute Gasteiger partial charge is 0.435 e. The van der Waals surface area contributed by atoms with Crippen molar-refractivity contribution in [2.45, 2.75) is 26.1 Å². The van der Waals surface area contributed by atoms with E-state index in [1.54, 1.807) is 4.90 Å². The first-order chi connectivity index (χ1) is 16.2. The van der Waals surface area contributed by atoms with Crippen LogP contribution in [0.4, 0.5) is 18.9 Å². The number of piperazine rings is 1. The first-order valence-electron chi connectivity index (χ1n) is 11.0. The van der Waals surface area contributed by atoms with Crippen LogP contribution in [0.3, 0.4) is 0 Å². The van der Waals surface area contributed by atoms with Crippen LogP contribution in [0, 0.1) is 0 Å². The predicted molar refractivity (Wildman–Crippen MR) is 122 cm³/mol. The number of carbonyl (C=O) groups excluding carboxylic acids is 1. The molecule has 1 aromatic carbocycles. The fourth-order valence-corrected chi connectivity index (χ4v) is 4.08. The average molecular weight is 474 g/mol. The number of nitrogens with zero attached hydrogens (tertiary/aromatic N) is 4. The van der Waals surface area contributed by atoms with Gasteiger partial charge in [0.15, 0.2) is 5.69 Å². The molecule has 0 bridgehead atoms. The highest BCUT2D eigenvalue weighted by molar-refractivity contribution is 5.92. The topological polar surface area (TPSA) is 94.2 Å². The van der Waals surface area contributed by atoms with Crippen molar-refractivity contribution in [2.24, 2.45) is 0 Å². The maximum atomic E-state index is 13.7. The Balaban J connectivity index is 1.47. The highest BCUT2D eigenvalue weighted by atomic mass is 19.4. The number of fused-ring (bicyclic) bond motifs is 1. The van der Waals surface area contributed by atoms with E-state index in [2.05, 4.69) is 25.2 Å². The molecule has 0 saturated carbocycles. The Morgan fingerprint density at radius 1 is 1.12 bits per heavy atom. The van der Waals surface area contributed by atoms with Crippen LogP contribution in [-0.4, -0.2) is 59.0 Å². The molecule has 180 valence electrons. The standard InChI is InChI=1S/C23H25F3N6O2/c1-3-15-22(34)30-18-12-14(4-5-16(18)28-15)13-31-8-10-32(11-9-31)19-7-6-17(21(33)27-2)29-20(19)23(24,25)26/h4-7,12H,3,8-11,13H2,1-2H3,(H,27,33)(H,30,34). The zero-order chi connectivity index (χ0) is 24.5. The minimum atomic E-state index is -4.68. The van der Waals surface area contributed by atoms with Crippen molar-refractivity contribution >= 4 is 22.6 Å². The minimum Gasteiger partial charge on any atom is -0.367 e. The van der Waals surface area contributed by atoms with Crippen LogP contribution >= 0.6 is 0 Å². The minimum absolute atomic E-state index is 0.0270. The Labute approximate surface area is 193 Å². The summed E-state index contributed by atoms with van der Waals surface area (Å²) >= 11 is 0. The molecule has 34 heavy (non-hydrogen) atoms. The Morgan fingerprint density at radius 2 is 1.85 bits per heavy atom. The quantitative estimate of drug-likeness (QED) is 0.591. The second-order valence-electron chi connectivity index (χ2n) is 8.12.